The number of halogens is 2. The summed E-state index contributed by atoms with van der Waals surface area (Å²) in [5.41, 5.74) is 6.02. The summed E-state index contributed by atoms with van der Waals surface area (Å²) in [5, 5.41) is 0. The molecule has 0 aliphatic rings. The lowest BCUT2D eigenvalue weighted by Crippen LogP contribution is -2.06. The Balaban J connectivity index is 3.06. The zero-order valence-electron chi connectivity index (χ0n) is 6.77. The molecule has 0 aliphatic heterocycles. The molecule has 0 aromatic carbocycles. The maximum absolute atomic E-state index is 11.3. The summed E-state index contributed by atoms with van der Waals surface area (Å²) in [6, 6.07) is 0. The van der Waals surface area contributed by atoms with Crippen LogP contribution in [0.3, 0.4) is 0 Å². The summed E-state index contributed by atoms with van der Waals surface area (Å²) >= 11 is 6.12. The van der Waals surface area contributed by atoms with Crippen molar-refractivity contribution in [1.82, 2.24) is 0 Å². The molecule has 1 aromatic heterocycles. The predicted molar refractivity (Wildman–Crippen MR) is 54.5 cm³/mol. The van der Waals surface area contributed by atoms with Gasteiger partial charge in [0.05, 0.1) is 6.61 Å². The average Bonchev–Trinajstić information content (AvgIpc) is 2.27. The fourth-order valence-electron chi connectivity index (χ4n) is 0.782. The molecule has 2 N–H and O–H groups in total. The first-order valence-electron chi connectivity index (χ1n) is 3.48. The summed E-state index contributed by atoms with van der Waals surface area (Å²) in [5.74, 6) is -0.499. The molecule has 0 atom stereocenters. The Bertz CT molecular complexity index is 335. The third-order valence-electron chi connectivity index (χ3n) is 1.34. The van der Waals surface area contributed by atoms with Gasteiger partial charge in [0, 0.05) is 0 Å². The number of carbonyl (C=O) groups is 1. The minimum Gasteiger partial charge on any atom is -0.462 e. The molecule has 4 nitrogen and oxygen atoms in total. The zero-order chi connectivity index (χ0) is 10.0. The van der Waals surface area contributed by atoms with Gasteiger partial charge in [-0.1, -0.05) is 0 Å². The molecule has 0 bridgehead atoms. The lowest BCUT2D eigenvalue weighted by Gasteiger charge is -1.99. The van der Waals surface area contributed by atoms with Gasteiger partial charge in [0.25, 0.3) is 0 Å². The van der Waals surface area contributed by atoms with Crippen LogP contribution in [0, 0.1) is 0 Å². The van der Waals surface area contributed by atoms with E-state index in [2.05, 4.69) is 31.9 Å². The molecule has 0 fully saturated rings. The molecular weight excluding hydrogens is 306 g/mol. The summed E-state index contributed by atoms with van der Waals surface area (Å²) in [6.07, 6.45) is 0. The van der Waals surface area contributed by atoms with E-state index in [4.69, 9.17) is 14.9 Å². The molecule has 0 saturated heterocycles. The van der Waals surface area contributed by atoms with E-state index in [0.717, 1.165) is 0 Å². The Kier molecular flexibility index (Phi) is 3.38. The third kappa shape index (κ3) is 2.05. The fraction of sp³-hybridized carbons (Fsp3) is 0.286. The van der Waals surface area contributed by atoms with E-state index in [-0.39, 0.29) is 15.9 Å². The van der Waals surface area contributed by atoms with Crippen molar-refractivity contribution >= 4 is 43.5 Å². The fourth-order valence-corrected chi connectivity index (χ4v) is 1.90. The van der Waals surface area contributed by atoms with Crippen molar-refractivity contribution < 1.29 is 13.9 Å². The van der Waals surface area contributed by atoms with E-state index in [9.17, 15) is 4.79 Å². The van der Waals surface area contributed by atoms with Gasteiger partial charge in [-0.25, -0.2) is 4.79 Å². The van der Waals surface area contributed by atoms with Gasteiger partial charge in [0.2, 0.25) is 0 Å². The maximum Gasteiger partial charge on any atom is 0.344 e. The lowest BCUT2D eigenvalue weighted by molar-refractivity contribution is 0.0525. The van der Waals surface area contributed by atoms with Gasteiger partial charge in [0.1, 0.15) is 11.3 Å². The molecule has 72 valence electrons. The van der Waals surface area contributed by atoms with E-state index in [1.807, 2.05) is 0 Å². The van der Waals surface area contributed by atoms with Gasteiger partial charge < -0.3 is 14.9 Å². The second kappa shape index (κ2) is 4.15. The SMILES string of the molecule is CCOC(=O)c1c(Br)oc(Br)c1N. The van der Waals surface area contributed by atoms with Gasteiger partial charge in [-0.05, 0) is 38.8 Å². The Morgan fingerprint density at radius 3 is 2.54 bits per heavy atom. The number of anilines is 1. The summed E-state index contributed by atoms with van der Waals surface area (Å²) in [4.78, 5) is 11.3. The molecule has 0 unspecified atom stereocenters. The first kappa shape index (κ1) is 10.6. The molecule has 0 amide bonds. The van der Waals surface area contributed by atoms with Crippen LogP contribution in [0.1, 0.15) is 17.3 Å². The van der Waals surface area contributed by atoms with Crippen molar-refractivity contribution in [2.45, 2.75) is 6.92 Å². The molecule has 1 aromatic rings. The second-order valence-electron chi connectivity index (χ2n) is 2.16. The van der Waals surface area contributed by atoms with Crippen LogP contribution >= 0.6 is 31.9 Å². The number of rotatable bonds is 2. The van der Waals surface area contributed by atoms with E-state index in [0.29, 0.717) is 11.3 Å². The lowest BCUT2D eigenvalue weighted by atomic mass is 10.3. The highest BCUT2D eigenvalue weighted by Gasteiger charge is 2.22. The Morgan fingerprint density at radius 1 is 1.54 bits per heavy atom. The number of ether oxygens (including phenoxy) is 1. The van der Waals surface area contributed by atoms with Crippen LogP contribution in [0.25, 0.3) is 0 Å². The normalized spacial score (nSPS) is 10.1. The molecule has 6 heteroatoms. The molecule has 0 saturated carbocycles. The van der Waals surface area contributed by atoms with Crippen molar-refractivity contribution in [1.29, 1.82) is 0 Å². The van der Waals surface area contributed by atoms with Crippen LogP contribution in [0.15, 0.2) is 13.8 Å². The minimum atomic E-state index is -0.499. The number of hydrogen-bond acceptors (Lipinski definition) is 4. The Labute approximate surface area is 91.7 Å². The van der Waals surface area contributed by atoms with Crippen LogP contribution in [0.4, 0.5) is 5.69 Å². The van der Waals surface area contributed by atoms with Gasteiger partial charge in [-0.2, -0.15) is 0 Å². The van der Waals surface area contributed by atoms with E-state index in [1.165, 1.54) is 0 Å². The summed E-state index contributed by atoms with van der Waals surface area (Å²) in [6.45, 7) is 2.02. The van der Waals surface area contributed by atoms with Crippen LogP contribution < -0.4 is 5.73 Å². The third-order valence-corrected chi connectivity index (χ3v) is 2.48. The topological polar surface area (TPSA) is 65.5 Å². The smallest absolute Gasteiger partial charge is 0.344 e. The van der Waals surface area contributed by atoms with Crippen molar-refractivity contribution in [3.63, 3.8) is 0 Å². The number of furan rings is 1. The van der Waals surface area contributed by atoms with Gasteiger partial charge in [-0.15, -0.1) is 0 Å². The van der Waals surface area contributed by atoms with Crippen LogP contribution in [-0.2, 0) is 4.74 Å². The predicted octanol–water partition coefficient (Wildman–Crippen LogP) is 2.56. The van der Waals surface area contributed by atoms with Crippen LogP contribution in [0.5, 0.6) is 0 Å². The second-order valence-corrected chi connectivity index (χ2v) is 3.60. The zero-order valence-corrected chi connectivity index (χ0v) is 9.94. The van der Waals surface area contributed by atoms with E-state index < -0.39 is 5.97 Å². The van der Waals surface area contributed by atoms with Crippen LogP contribution in [-0.4, -0.2) is 12.6 Å². The molecule has 0 aliphatic carbocycles. The standard InChI is InChI=1S/C7H7Br2NO3/c1-2-12-7(11)3-4(10)6(9)13-5(3)8/h2,10H2,1H3. The highest BCUT2D eigenvalue weighted by molar-refractivity contribution is 9.11. The molecule has 0 spiro atoms. The van der Waals surface area contributed by atoms with Crippen molar-refractivity contribution in [2.24, 2.45) is 0 Å². The van der Waals surface area contributed by atoms with E-state index in [1.54, 1.807) is 6.92 Å². The summed E-state index contributed by atoms with van der Waals surface area (Å²) in [7, 11) is 0. The monoisotopic (exact) mass is 311 g/mol. The molecule has 0 radical (unpaired) electrons. The molecule has 13 heavy (non-hydrogen) atoms. The van der Waals surface area contributed by atoms with Crippen molar-refractivity contribution in [2.75, 3.05) is 12.3 Å². The molecule has 1 rings (SSSR count). The highest BCUT2D eigenvalue weighted by Crippen LogP contribution is 2.33. The molecular formula is C7H7Br2NO3. The number of nitrogen functional groups attached to an aromatic ring is 1. The first-order valence-corrected chi connectivity index (χ1v) is 5.06. The largest absolute Gasteiger partial charge is 0.462 e. The van der Waals surface area contributed by atoms with Crippen molar-refractivity contribution in [3.8, 4) is 0 Å². The van der Waals surface area contributed by atoms with Gasteiger partial charge in [0.15, 0.2) is 9.34 Å². The first-order chi connectivity index (χ1) is 6.07. The van der Waals surface area contributed by atoms with E-state index >= 15 is 0 Å². The number of hydrogen-bond donors (Lipinski definition) is 1. The minimum absolute atomic E-state index is 0.216. The summed E-state index contributed by atoms with van der Waals surface area (Å²) < 4.78 is 10.4. The number of carbonyl (C=O) groups excluding carboxylic acids is 1. The number of esters is 1. The average molecular weight is 313 g/mol. The Morgan fingerprint density at radius 2 is 2.15 bits per heavy atom. The van der Waals surface area contributed by atoms with Crippen molar-refractivity contribution in [3.05, 3.63) is 14.9 Å². The van der Waals surface area contributed by atoms with Gasteiger partial charge >= 0.3 is 5.97 Å². The molecule has 1 heterocycles. The highest BCUT2D eigenvalue weighted by atomic mass is 79.9. The maximum atomic E-state index is 11.3. The van der Waals surface area contributed by atoms with Crippen LogP contribution in [0.2, 0.25) is 0 Å². The number of nitrogens with two attached hydrogens (primary N) is 1. The van der Waals surface area contributed by atoms with Gasteiger partial charge in [-0.3, -0.25) is 0 Å². The quantitative estimate of drug-likeness (QED) is 0.852. The Hall–Kier alpha value is -0.490.